The van der Waals surface area contributed by atoms with Gasteiger partial charge in [-0.15, -0.1) is 0 Å². The molecular formula is C16H24N2O2S. The van der Waals surface area contributed by atoms with E-state index in [1.54, 1.807) is 6.07 Å². The molecule has 1 heterocycles. The maximum Gasteiger partial charge on any atom is 0.324 e. The van der Waals surface area contributed by atoms with Gasteiger partial charge in [-0.3, -0.25) is 10.1 Å². The van der Waals surface area contributed by atoms with Crippen molar-refractivity contribution < 1.29 is 4.92 Å². The number of nitrogens with zero attached hydrogens (tertiary/aromatic N) is 1. The largest absolute Gasteiger partial charge is 0.324 e. The van der Waals surface area contributed by atoms with Gasteiger partial charge >= 0.3 is 5.00 Å². The van der Waals surface area contributed by atoms with E-state index < -0.39 is 0 Å². The second-order valence-electron chi connectivity index (χ2n) is 5.71. The van der Waals surface area contributed by atoms with Crippen LogP contribution in [0.25, 0.3) is 6.08 Å². The fourth-order valence-electron chi connectivity index (χ4n) is 2.92. The Labute approximate surface area is 130 Å². The third-order valence-corrected chi connectivity index (χ3v) is 4.92. The molecule has 0 radical (unpaired) electrons. The maximum atomic E-state index is 10.8. The van der Waals surface area contributed by atoms with Crippen LogP contribution in [0.2, 0.25) is 0 Å². The van der Waals surface area contributed by atoms with Gasteiger partial charge in [0.15, 0.2) is 0 Å². The lowest BCUT2D eigenvalue weighted by Gasteiger charge is -2.25. The summed E-state index contributed by atoms with van der Waals surface area (Å²) in [5, 5.41) is 16.4. The zero-order chi connectivity index (χ0) is 15.1. The third-order valence-electron chi connectivity index (χ3n) is 4.02. The molecule has 0 amide bonds. The van der Waals surface area contributed by atoms with Gasteiger partial charge in [-0.1, -0.05) is 49.2 Å². The molecule has 0 bridgehead atoms. The fourth-order valence-corrected chi connectivity index (χ4v) is 3.60. The van der Waals surface area contributed by atoms with Crippen molar-refractivity contribution in [2.45, 2.75) is 45.4 Å². The molecule has 1 aliphatic rings. The molecule has 1 aromatic heterocycles. The molecule has 0 saturated heterocycles. The molecule has 0 unspecified atom stereocenters. The standard InChI is InChI=1S/C16H24N2O2S/c1-2-8-17-11-15(14-6-4-3-5-7-14)9-13-10-16(18(19)20)21-12-13/h9-10,12,14,17H,2-8,11H2,1H3. The van der Waals surface area contributed by atoms with Crippen LogP contribution >= 0.6 is 11.3 Å². The number of thiophene rings is 1. The molecule has 0 aromatic carbocycles. The van der Waals surface area contributed by atoms with Crippen LogP contribution in [0.3, 0.4) is 0 Å². The third kappa shape index (κ3) is 4.93. The quantitative estimate of drug-likeness (QED) is 0.454. The van der Waals surface area contributed by atoms with Crippen LogP contribution in [0, 0.1) is 16.0 Å². The molecule has 0 aliphatic heterocycles. The van der Waals surface area contributed by atoms with Gasteiger partial charge in [-0.25, -0.2) is 0 Å². The van der Waals surface area contributed by atoms with Gasteiger partial charge < -0.3 is 5.32 Å². The first kappa shape index (κ1) is 16.2. The van der Waals surface area contributed by atoms with Gasteiger partial charge in [-0.2, -0.15) is 0 Å². The highest BCUT2D eigenvalue weighted by Crippen LogP contribution is 2.32. The molecule has 4 nitrogen and oxygen atoms in total. The summed E-state index contributed by atoms with van der Waals surface area (Å²) in [4.78, 5) is 10.5. The normalized spacial score (nSPS) is 17.1. The summed E-state index contributed by atoms with van der Waals surface area (Å²) in [5.74, 6) is 0.641. The highest BCUT2D eigenvalue weighted by Gasteiger charge is 2.18. The van der Waals surface area contributed by atoms with E-state index in [0.717, 1.165) is 25.1 Å². The van der Waals surface area contributed by atoms with Crippen molar-refractivity contribution >= 4 is 22.4 Å². The van der Waals surface area contributed by atoms with Crippen molar-refractivity contribution in [1.29, 1.82) is 0 Å². The molecule has 1 aromatic rings. The predicted octanol–water partition coefficient (Wildman–Crippen LogP) is 4.62. The minimum Gasteiger partial charge on any atom is -0.313 e. The van der Waals surface area contributed by atoms with Gasteiger partial charge in [0.25, 0.3) is 0 Å². The Morgan fingerprint density at radius 2 is 2.24 bits per heavy atom. The molecule has 21 heavy (non-hydrogen) atoms. The first-order chi connectivity index (χ1) is 10.2. The fraction of sp³-hybridized carbons (Fsp3) is 0.625. The van der Waals surface area contributed by atoms with Crippen LogP contribution in [0.15, 0.2) is 17.0 Å². The summed E-state index contributed by atoms with van der Waals surface area (Å²) in [7, 11) is 0. The lowest BCUT2D eigenvalue weighted by molar-refractivity contribution is -0.380. The molecule has 1 fully saturated rings. The molecule has 0 spiro atoms. The van der Waals surface area contributed by atoms with E-state index in [1.165, 1.54) is 49.0 Å². The summed E-state index contributed by atoms with van der Waals surface area (Å²) in [5.41, 5.74) is 2.39. The number of nitrogens with one attached hydrogen (secondary N) is 1. The topological polar surface area (TPSA) is 55.2 Å². The summed E-state index contributed by atoms with van der Waals surface area (Å²) in [6.07, 6.45) is 9.76. The van der Waals surface area contributed by atoms with E-state index in [4.69, 9.17) is 0 Å². The van der Waals surface area contributed by atoms with Crippen molar-refractivity contribution in [3.05, 3.63) is 32.7 Å². The van der Waals surface area contributed by atoms with Crippen molar-refractivity contribution in [2.24, 2.45) is 5.92 Å². The van der Waals surface area contributed by atoms with E-state index in [1.807, 2.05) is 5.38 Å². The second-order valence-corrected chi connectivity index (χ2v) is 6.60. The molecular weight excluding hydrogens is 284 g/mol. The molecule has 5 heteroatoms. The maximum absolute atomic E-state index is 10.8. The Kier molecular flexibility index (Phi) is 6.39. The monoisotopic (exact) mass is 308 g/mol. The van der Waals surface area contributed by atoms with Gasteiger partial charge in [0.05, 0.1) is 4.92 Å². The Balaban J connectivity index is 2.11. The van der Waals surface area contributed by atoms with Crippen molar-refractivity contribution in [1.82, 2.24) is 5.32 Å². The average Bonchev–Trinajstić information content (AvgIpc) is 2.96. The van der Waals surface area contributed by atoms with E-state index in [9.17, 15) is 10.1 Å². The lowest BCUT2D eigenvalue weighted by atomic mass is 9.83. The number of hydrogen-bond donors (Lipinski definition) is 1. The summed E-state index contributed by atoms with van der Waals surface area (Å²) < 4.78 is 0. The Hall–Kier alpha value is -1.20. The highest BCUT2D eigenvalue weighted by atomic mass is 32.1. The van der Waals surface area contributed by atoms with Gasteiger partial charge in [0, 0.05) is 18.0 Å². The molecule has 1 saturated carbocycles. The average molecular weight is 308 g/mol. The van der Waals surface area contributed by atoms with Gasteiger partial charge in [0.1, 0.15) is 0 Å². The Morgan fingerprint density at radius 3 is 2.86 bits per heavy atom. The zero-order valence-corrected chi connectivity index (χ0v) is 13.5. The first-order valence-electron chi connectivity index (χ1n) is 7.84. The minimum absolute atomic E-state index is 0.228. The Bertz CT molecular complexity index is 490. The lowest BCUT2D eigenvalue weighted by Crippen LogP contribution is -2.22. The van der Waals surface area contributed by atoms with E-state index >= 15 is 0 Å². The van der Waals surface area contributed by atoms with Crippen LogP contribution in [-0.2, 0) is 0 Å². The van der Waals surface area contributed by atoms with Crippen molar-refractivity contribution in [2.75, 3.05) is 13.1 Å². The Morgan fingerprint density at radius 1 is 1.48 bits per heavy atom. The molecule has 1 aliphatic carbocycles. The highest BCUT2D eigenvalue weighted by molar-refractivity contribution is 7.13. The van der Waals surface area contributed by atoms with Crippen LogP contribution in [0.1, 0.15) is 51.0 Å². The number of nitro groups is 1. The molecule has 2 rings (SSSR count). The van der Waals surface area contributed by atoms with E-state index in [-0.39, 0.29) is 9.92 Å². The van der Waals surface area contributed by atoms with Gasteiger partial charge in [0.2, 0.25) is 0 Å². The molecule has 116 valence electrons. The molecule has 0 atom stereocenters. The van der Waals surface area contributed by atoms with E-state index in [2.05, 4.69) is 18.3 Å². The van der Waals surface area contributed by atoms with Crippen LogP contribution in [0.4, 0.5) is 5.00 Å². The van der Waals surface area contributed by atoms with Crippen LogP contribution in [0.5, 0.6) is 0 Å². The SMILES string of the molecule is CCCNCC(=Cc1csc([N+](=O)[O-])c1)C1CCCCC1. The van der Waals surface area contributed by atoms with Gasteiger partial charge in [-0.05, 0) is 37.3 Å². The predicted molar refractivity (Wildman–Crippen MR) is 88.7 cm³/mol. The molecule has 1 N–H and O–H groups in total. The zero-order valence-electron chi connectivity index (χ0n) is 12.6. The second kappa shape index (κ2) is 8.29. The first-order valence-corrected chi connectivity index (χ1v) is 8.72. The number of hydrogen-bond acceptors (Lipinski definition) is 4. The smallest absolute Gasteiger partial charge is 0.313 e. The van der Waals surface area contributed by atoms with Crippen molar-refractivity contribution in [3.63, 3.8) is 0 Å². The van der Waals surface area contributed by atoms with Crippen LogP contribution in [-0.4, -0.2) is 18.0 Å². The summed E-state index contributed by atoms with van der Waals surface area (Å²) in [6, 6.07) is 1.69. The number of rotatable bonds is 7. The summed E-state index contributed by atoms with van der Waals surface area (Å²) in [6.45, 7) is 4.09. The van der Waals surface area contributed by atoms with E-state index in [0.29, 0.717) is 5.92 Å². The van der Waals surface area contributed by atoms with Crippen molar-refractivity contribution in [3.8, 4) is 0 Å². The summed E-state index contributed by atoms with van der Waals surface area (Å²) >= 11 is 1.21. The minimum atomic E-state index is -0.308. The van der Waals surface area contributed by atoms with Crippen LogP contribution < -0.4 is 5.32 Å².